The first-order chi connectivity index (χ1) is 13.0. The molecule has 0 spiro atoms. The van der Waals surface area contributed by atoms with E-state index in [9.17, 15) is 31.1 Å². The van der Waals surface area contributed by atoms with Gasteiger partial charge in [-0.05, 0) is 31.0 Å². The third-order valence-corrected chi connectivity index (χ3v) is 4.62. The average molecular weight is 407 g/mol. The smallest absolute Gasteiger partial charge is 0.368 e. The molecule has 1 fully saturated rings. The summed E-state index contributed by atoms with van der Waals surface area (Å²) in [4.78, 5) is 13.8. The normalized spacial score (nSPS) is 16.4. The Morgan fingerprint density at radius 1 is 1.04 bits per heavy atom. The van der Waals surface area contributed by atoms with Crippen LogP contribution in [0.2, 0.25) is 0 Å². The number of carbonyl (C=O) groups is 1. The van der Waals surface area contributed by atoms with E-state index < -0.39 is 35.0 Å². The molecular formula is C17H15F6N3O2. The topological polar surface area (TPSA) is 72.4 Å². The zero-order valence-electron chi connectivity index (χ0n) is 14.3. The SMILES string of the molecule is Nc1cc(C2CCN(C(=O)c3ccc(C(F)(F)F)c(C(F)(F)F)c3)CC2)no1. The first kappa shape index (κ1) is 20.0. The van der Waals surface area contributed by atoms with Crippen LogP contribution in [0.3, 0.4) is 0 Å². The van der Waals surface area contributed by atoms with E-state index in [1.165, 1.54) is 4.90 Å². The summed E-state index contributed by atoms with van der Waals surface area (Å²) >= 11 is 0. The zero-order chi connectivity index (χ0) is 20.7. The van der Waals surface area contributed by atoms with E-state index >= 15 is 0 Å². The lowest BCUT2D eigenvalue weighted by Gasteiger charge is -2.31. The molecule has 1 saturated heterocycles. The molecule has 1 aromatic heterocycles. The molecule has 0 aliphatic carbocycles. The van der Waals surface area contributed by atoms with Gasteiger partial charge in [0.1, 0.15) is 0 Å². The van der Waals surface area contributed by atoms with E-state index in [0.717, 1.165) is 6.07 Å². The van der Waals surface area contributed by atoms with Crippen molar-refractivity contribution >= 4 is 11.8 Å². The molecule has 2 aromatic rings. The summed E-state index contributed by atoms with van der Waals surface area (Å²) < 4.78 is 82.5. The minimum Gasteiger partial charge on any atom is -0.368 e. The van der Waals surface area contributed by atoms with Gasteiger partial charge in [-0.15, -0.1) is 0 Å². The molecule has 1 aliphatic heterocycles. The number of hydrogen-bond acceptors (Lipinski definition) is 4. The van der Waals surface area contributed by atoms with Gasteiger partial charge in [-0.1, -0.05) is 5.16 Å². The maximum Gasteiger partial charge on any atom is 0.417 e. The number of alkyl halides is 6. The molecule has 0 unspecified atom stereocenters. The molecule has 2 N–H and O–H groups in total. The van der Waals surface area contributed by atoms with Crippen LogP contribution in [-0.4, -0.2) is 29.1 Å². The first-order valence-electron chi connectivity index (χ1n) is 8.26. The lowest BCUT2D eigenvalue weighted by atomic mass is 9.93. The Labute approximate surface area is 155 Å². The standard InChI is InChI=1S/C17H15F6N3O2/c18-16(19,20)11-2-1-10(7-12(11)17(21,22)23)15(27)26-5-3-9(4-6-26)13-8-14(24)28-25-13/h1-2,7-9H,3-6,24H2. The van der Waals surface area contributed by atoms with Crippen molar-refractivity contribution < 1.29 is 35.7 Å². The fourth-order valence-electron chi connectivity index (χ4n) is 3.22. The molecule has 5 nitrogen and oxygen atoms in total. The highest BCUT2D eigenvalue weighted by molar-refractivity contribution is 5.94. The second-order valence-electron chi connectivity index (χ2n) is 6.48. The van der Waals surface area contributed by atoms with Gasteiger partial charge in [0.05, 0.1) is 16.8 Å². The zero-order valence-corrected chi connectivity index (χ0v) is 14.3. The highest BCUT2D eigenvalue weighted by atomic mass is 19.4. The summed E-state index contributed by atoms with van der Waals surface area (Å²) in [5.41, 5.74) is 1.95. The average Bonchev–Trinajstić information content (AvgIpc) is 3.05. The molecule has 1 aromatic carbocycles. The van der Waals surface area contributed by atoms with Crippen molar-refractivity contribution in [3.8, 4) is 0 Å². The van der Waals surface area contributed by atoms with Gasteiger partial charge in [0, 0.05) is 30.6 Å². The number of amides is 1. The molecule has 3 rings (SSSR count). The number of likely N-dealkylation sites (tertiary alicyclic amines) is 1. The monoisotopic (exact) mass is 407 g/mol. The highest BCUT2D eigenvalue weighted by Gasteiger charge is 2.43. The van der Waals surface area contributed by atoms with Gasteiger partial charge in [0.2, 0.25) is 5.88 Å². The number of hydrogen-bond donors (Lipinski definition) is 1. The van der Waals surface area contributed by atoms with Gasteiger partial charge in [-0.3, -0.25) is 4.79 Å². The maximum absolute atomic E-state index is 13.1. The van der Waals surface area contributed by atoms with Gasteiger partial charge < -0.3 is 15.2 Å². The predicted octanol–water partition coefficient (Wildman–Crippen LogP) is 4.31. The van der Waals surface area contributed by atoms with E-state index in [0.29, 0.717) is 24.6 Å². The summed E-state index contributed by atoms with van der Waals surface area (Å²) in [5, 5.41) is 3.80. The van der Waals surface area contributed by atoms with E-state index in [1.807, 2.05) is 0 Å². The van der Waals surface area contributed by atoms with Gasteiger partial charge in [-0.2, -0.15) is 26.3 Å². The number of rotatable bonds is 2. The number of benzene rings is 1. The summed E-state index contributed by atoms with van der Waals surface area (Å²) in [6, 6.07) is 2.88. The minimum absolute atomic E-state index is 0.0246. The van der Waals surface area contributed by atoms with Crippen LogP contribution in [0.1, 0.15) is 45.9 Å². The summed E-state index contributed by atoms with van der Waals surface area (Å²) in [7, 11) is 0. The van der Waals surface area contributed by atoms with Gasteiger partial charge in [-0.25, -0.2) is 0 Å². The van der Waals surface area contributed by atoms with Crippen molar-refractivity contribution in [2.75, 3.05) is 18.8 Å². The van der Waals surface area contributed by atoms with Crippen molar-refractivity contribution in [3.63, 3.8) is 0 Å². The van der Waals surface area contributed by atoms with Crippen molar-refractivity contribution in [1.29, 1.82) is 0 Å². The molecule has 1 aliphatic rings. The first-order valence-corrected chi connectivity index (χ1v) is 8.26. The molecule has 0 radical (unpaired) electrons. The van der Waals surface area contributed by atoms with Crippen LogP contribution in [-0.2, 0) is 12.4 Å². The molecule has 0 bridgehead atoms. The van der Waals surface area contributed by atoms with Gasteiger partial charge >= 0.3 is 12.4 Å². The summed E-state index contributed by atoms with van der Waals surface area (Å²) in [6.07, 6.45) is -9.46. The number of halogens is 6. The molecule has 11 heteroatoms. The van der Waals surface area contributed by atoms with Crippen molar-refractivity contribution in [2.45, 2.75) is 31.1 Å². The van der Waals surface area contributed by atoms with Crippen LogP contribution in [0, 0.1) is 0 Å². The third kappa shape index (κ3) is 4.07. The summed E-state index contributed by atoms with van der Waals surface area (Å²) in [5.74, 6) is -0.626. The van der Waals surface area contributed by atoms with E-state index in [1.54, 1.807) is 6.07 Å². The Bertz CT molecular complexity index is 867. The summed E-state index contributed by atoms with van der Waals surface area (Å²) in [6.45, 7) is 0.442. The Balaban J connectivity index is 1.78. The molecular weight excluding hydrogens is 392 g/mol. The number of piperidine rings is 1. The number of nitrogens with zero attached hydrogens (tertiary/aromatic N) is 2. The van der Waals surface area contributed by atoms with Crippen LogP contribution in [0.15, 0.2) is 28.8 Å². The Morgan fingerprint density at radius 2 is 1.64 bits per heavy atom. The molecule has 0 saturated carbocycles. The van der Waals surface area contributed by atoms with E-state index in [4.69, 9.17) is 10.3 Å². The van der Waals surface area contributed by atoms with Crippen LogP contribution >= 0.6 is 0 Å². The molecule has 152 valence electrons. The van der Waals surface area contributed by atoms with E-state index in [2.05, 4.69) is 5.16 Å². The Kier molecular flexibility index (Phi) is 5.02. The third-order valence-electron chi connectivity index (χ3n) is 4.62. The fourth-order valence-corrected chi connectivity index (χ4v) is 3.22. The van der Waals surface area contributed by atoms with Crippen molar-refractivity contribution in [2.24, 2.45) is 0 Å². The molecule has 0 atom stereocenters. The van der Waals surface area contributed by atoms with E-state index in [-0.39, 0.29) is 31.0 Å². The number of nitrogen functional groups attached to an aromatic ring is 1. The fraction of sp³-hybridized carbons (Fsp3) is 0.412. The molecule has 1 amide bonds. The minimum atomic E-state index is -5.24. The Morgan fingerprint density at radius 3 is 2.14 bits per heavy atom. The van der Waals surface area contributed by atoms with Crippen LogP contribution in [0.4, 0.5) is 32.2 Å². The largest absolute Gasteiger partial charge is 0.417 e. The quantitative estimate of drug-likeness (QED) is 0.753. The number of carbonyl (C=O) groups excluding carboxylic acids is 1. The lowest BCUT2D eigenvalue weighted by molar-refractivity contribution is -0.162. The lowest BCUT2D eigenvalue weighted by Crippen LogP contribution is -2.38. The van der Waals surface area contributed by atoms with Gasteiger partial charge in [0.25, 0.3) is 5.91 Å². The maximum atomic E-state index is 13.1. The Hall–Kier alpha value is -2.72. The predicted molar refractivity (Wildman–Crippen MR) is 85.2 cm³/mol. The molecule has 2 heterocycles. The van der Waals surface area contributed by atoms with Crippen molar-refractivity contribution in [3.05, 3.63) is 46.6 Å². The number of aromatic nitrogens is 1. The molecule has 28 heavy (non-hydrogen) atoms. The second kappa shape index (κ2) is 7.02. The highest BCUT2D eigenvalue weighted by Crippen LogP contribution is 2.41. The van der Waals surface area contributed by atoms with Crippen LogP contribution < -0.4 is 5.73 Å². The number of nitrogens with two attached hydrogens (primary N) is 1. The van der Waals surface area contributed by atoms with Gasteiger partial charge in [0.15, 0.2) is 0 Å². The van der Waals surface area contributed by atoms with Crippen molar-refractivity contribution in [1.82, 2.24) is 10.1 Å². The number of anilines is 1. The van der Waals surface area contributed by atoms with Crippen LogP contribution in [0.5, 0.6) is 0 Å². The second-order valence-corrected chi connectivity index (χ2v) is 6.48. The van der Waals surface area contributed by atoms with Crippen LogP contribution in [0.25, 0.3) is 0 Å².